The molecule has 2 aliphatic rings. The van der Waals surface area contributed by atoms with Crippen LogP contribution in [0.15, 0.2) is 42.9 Å². The highest BCUT2D eigenvalue weighted by atomic mass is 19.3. The molecule has 0 saturated carbocycles. The third kappa shape index (κ3) is 3.61. The van der Waals surface area contributed by atoms with E-state index in [1.165, 1.54) is 7.11 Å². The third-order valence-corrected chi connectivity index (χ3v) is 6.52. The Kier molecular flexibility index (Phi) is 5.03. The second kappa shape index (κ2) is 8.10. The number of likely N-dealkylation sites (tertiary alicyclic amines) is 1. The molecule has 1 N–H and O–H groups in total. The fourth-order valence-corrected chi connectivity index (χ4v) is 4.60. The highest BCUT2D eigenvalue weighted by Crippen LogP contribution is 2.34. The van der Waals surface area contributed by atoms with Crippen molar-refractivity contribution in [2.45, 2.75) is 24.4 Å². The van der Waals surface area contributed by atoms with Gasteiger partial charge in [-0.25, -0.2) is 13.3 Å². The van der Waals surface area contributed by atoms with Crippen LogP contribution < -0.4 is 10.1 Å². The van der Waals surface area contributed by atoms with Gasteiger partial charge in [0.15, 0.2) is 0 Å². The van der Waals surface area contributed by atoms with Crippen LogP contribution >= 0.6 is 0 Å². The number of nitrogens with zero attached hydrogens (tertiary/aromatic N) is 6. The van der Waals surface area contributed by atoms with E-state index in [1.54, 1.807) is 28.0 Å². The zero-order valence-corrected chi connectivity index (χ0v) is 18.5. The minimum absolute atomic E-state index is 0.0823. The first-order valence-corrected chi connectivity index (χ1v) is 11.1. The molecular weight excluding hydrogens is 444 g/mol. The van der Waals surface area contributed by atoms with Crippen molar-refractivity contribution >= 4 is 22.5 Å². The van der Waals surface area contributed by atoms with Crippen LogP contribution in [0.1, 0.15) is 6.42 Å². The summed E-state index contributed by atoms with van der Waals surface area (Å²) in [5.74, 6) is -2.53. The second-order valence-electron chi connectivity index (χ2n) is 8.64. The highest BCUT2D eigenvalue weighted by molar-refractivity contribution is 5.89. The number of halogens is 2. The molecule has 11 heteroatoms. The first kappa shape index (κ1) is 21.1. The molecule has 3 aromatic heterocycles. The zero-order valence-electron chi connectivity index (χ0n) is 18.5. The largest absolute Gasteiger partial charge is 0.479 e. The number of benzene rings is 1. The lowest BCUT2D eigenvalue weighted by Gasteiger charge is -2.44. The number of rotatable bonds is 5. The summed E-state index contributed by atoms with van der Waals surface area (Å²) in [6.45, 7) is 1.30. The normalized spacial score (nSPS) is 21.0. The van der Waals surface area contributed by atoms with Crippen molar-refractivity contribution < 1.29 is 18.3 Å². The Balaban J connectivity index is 1.30. The van der Waals surface area contributed by atoms with Crippen molar-refractivity contribution in [2.24, 2.45) is 0 Å². The van der Waals surface area contributed by atoms with Crippen LogP contribution in [-0.2, 0) is 4.74 Å². The van der Waals surface area contributed by atoms with Crippen LogP contribution in [0.2, 0.25) is 0 Å². The Morgan fingerprint density at radius 3 is 2.71 bits per heavy atom. The van der Waals surface area contributed by atoms with Gasteiger partial charge in [0, 0.05) is 30.7 Å². The van der Waals surface area contributed by atoms with E-state index in [9.17, 15) is 8.78 Å². The number of aromatic nitrogens is 5. The minimum atomic E-state index is -2.92. The number of fused-ring (bicyclic) bond motifs is 2. The van der Waals surface area contributed by atoms with Crippen LogP contribution in [0.3, 0.4) is 0 Å². The lowest BCUT2D eigenvalue weighted by atomic mass is 9.98. The summed E-state index contributed by atoms with van der Waals surface area (Å²) in [6, 6.07) is 6.68. The Morgan fingerprint density at radius 1 is 1.15 bits per heavy atom. The van der Waals surface area contributed by atoms with E-state index in [-0.39, 0.29) is 25.0 Å². The fourth-order valence-electron chi connectivity index (χ4n) is 4.60. The fraction of sp³-hybridized carbons (Fsp3) is 0.391. The van der Waals surface area contributed by atoms with Crippen LogP contribution in [0.4, 0.5) is 14.7 Å². The van der Waals surface area contributed by atoms with Crippen LogP contribution in [0, 0.1) is 0 Å². The third-order valence-electron chi connectivity index (χ3n) is 6.52. The van der Waals surface area contributed by atoms with Crippen molar-refractivity contribution in [3.05, 3.63) is 42.9 Å². The number of anilines is 1. The van der Waals surface area contributed by atoms with Crippen LogP contribution in [-0.4, -0.2) is 80.9 Å². The molecule has 0 unspecified atom stereocenters. The van der Waals surface area contributed by atoms with Gasteiger partial charge in [0.25, 0.3) is 5.92 Å². The molecule has 9 nitrogen and oxygen atoms in total. The first-order chi connectivity index (χ1) is 16.5. The molecule has 2 fully saturated rings. The number of ether oxygens (including phenoxy) is 2. The molecule has 176 valence electrons. The van der Waals surface area contributed by atoms with E-state index in [2.05, 4.69) is 25.4 Å². The van der Waals surface area contributed by atoms with Gasteiger partial charge in [-0.15, -0.1) is 5.10 Å². The number of piperidine rings is 1. The standard InChI is InChI=1S/C23H23F2N7O2/c1-33-21-20-16(14-2-3-17-18(10-14)27-7-6-26-17)4-9-32(20)30-22(29-21)28-19-5-8-31(13-23(19,24)25)15-11-34-12-15/h2-4,6-7,9-10,15,19H,5,8,11-13H2,1H3,(H,28,30)/t19-/m0/s1. The predicted molar refractivity (Wildman–Crippen MR) is 121 cm³/mol. The van der Waals surface area contributed by atoms with Gasteiger partial charge >= 0.3 is 0 Å². The summed E-state index contributed by atoms with van der Waals surface area (Å²) in [6.07, 6.45) is 5.34. The first-order valence-electron chi connectivity index (χ1n) is 11.1. The lowest BCUT2D eigenvalue weighted by Crippen LogP contribution is -2.61. The monoisotopic (exact) mass is 467 g/mol. The van der Waals surface area contributed by atoms with Gasteiger partial charge in [-0.05, 0) is 30.2 Å². The van der Waals surface area contributed by atoms with Gasteiger partial charge in [0.05, 0.1) is 50.0 Å². The molecule has 0 radical (unpaired) electrons. The van der Waals surface area contributed by atoms with Crippen molar-refractivity contribution in [2.75, 3.05) is 38.7 Å². The summed E-state index contributed by atoms with van der Waals surface area (Å²) < 4.78 is 42.1. The van der Waals surface area contributed by atoms with Gasteiger partial charge in [-0.3, -0.25) is 14.9 Å². The summed E-state index contributed by atoms with van der Waals surface area (Å²) in [5, 5.41) is 7.31. The summed E-state index contributed by atoms with van der Waals surface area (Å²) >= 11 is 0. The number of methoxy groups -OCH3 is 1. The molecule has 5 heterocycles. The van der Waals surface area contributed by atoms with Crippen LogP contribution in [0.25, 0.3) is 27.7 Å². The molecular formula is C23H23F2N7O2. The van der Waals surface area contributed by atoms with E-state index < -0.39 is 12.0 Å². The van der Waals surface area contributed by atoms with E-state index in [0.29, 0.717) is 31.2 Å². The minimum Gasteiger partial charge on any atom is -0.479 e. The number of alkyl halides is 2. The second-order valence-corrected chi connectivity index (χ2v) is 8.64. The van der Waals surface area contributed by atoms with Gasteiger partial charge in [-0.1, -0.05) is 6.07 Å². The summed E-state index contributed by atoms with van der Waals surface area (Å²) in [5.41, 5.74) is 3.94. The number of hydrogen-bond donors (Lipinski definition) is 1. The molecule has 1 atom stereocenters. The van der Waals surface area contributed by atoms with Crippen molar-refractivity contribution in [3.63, 3.8) is 0 Å². The molecule has 1 aromatic carbocycles. The average Bonchev–Trinajstić information content (AvgIpc) is 3.22. The quantitative estimate of drug-likeness (QED) is 0.479. The topological polar surface area (TPSA) is 89.7 Å². The number of nitrogens with one attached hydrogen (secondary N) is 1. The van der Waals surface area contributed by atoms with Gasteiger partial charge < -0.3 is 14.8 Å². The van der Waals surface area contributed by atoms with Gasteiger partial charge in [0.1, 0.15) is 5.52 Å². The molecule has 6 rings (SSSR count). The number of hydrogen-bond acceptors (Lipinski definition) is 8. The molecule has 0 amide bonds. The zero-order chi connectivity index (χ0) is 23.3. The molecule has 0 spiro atoms. The summed E-state index contributed by atoms with van der Waals surface area (Å²) in [7, 11) is 1.50. The Labute approximate surface area is 193 Å². The van der Waals surface area contributed by atoms with Crippen molar-refractivity contribution in [3.8, 4) is 17.0 Å². The van der Waals surface area contributed by atoms with Gasteiger partial charge in [-0.2, -0.15) is 4.98 Å². The predicted octanol–water partition coefficient (Wildman–Crippen LogP) is 2.87. The summed E-state index contributed by atoms with van der Waals surface area (Å²) in [4.78, 5) is 14.9. The highest BCUT2D eigenvalue weighted by Gasteiger charge is 2.47. The molecule has 34 heavy (non-hydrogen) atoms. The molecule has 0 aliphatic carbocycles. The maximum absolute atomic E-state index is 14.9. The molecule has 2 aliphatic heterocycles. The van der Waals surface area contributed by atoms with E-state index in [0.717, 1.165) is 22.2 Å². The Bertz CT molecular complexity index is 1360. The Morgan fingerprint density at radius 2 is 1.97 bits per heavy atom. The molecule has 0 bridgehead atoms. The average molecular weight is 467 g/mol. The molecule has 2 saturated heterocycles. The Hall–Kier alpha value is -3.44. The van der Waals surface area contributed by atoms with Crippen molar-refractivity contribution in [1.82, 2.24) is 29.5 Å². The van der Waals surface area contributed by atoms with E-state index >= 15 is 0 Å². The van der Waals surface area contributed by atoms with Crippen LogP contribution in [0.5, 0.6) is 5.88 Å². The van der Waals surface area contributed by atoms with E-state index in [4.69, 9.17) is 9.47 Å². The van der Waals surface area contributed by atoms with Gasteiger partial charge in [0.2, 0.25) is 11.8 Å². The van der Waals surface area contributed by atoms with E-state index in [1.807, 2.05) is 24.3 Å². The van der Waals surface area contributed by atoms with Crippen molar-refractivity contribution in [1.29, 1.82) is 0 Å². The molecule has 4 aromatic rings. The maximum Gasteiger partial charge on any atom is 0.280 e. The smallest absolute Gasteiger partial charge is 0.280 e. The maximum atomic E-state index is 14.9. The lowest BCUT2D eigenvalue weighted by molar-refractivity contribution is -0.131. The SMILES string of the molecule is COc1nc(N[C@H]2CCN(C3COC3)CC2(F)F)nn2ccc(-c3ccc4nccnc4c3)c12.